The van der Waals surface area contributed by atoms with Gasteiger partial charge in [-0.05, 0) is 6.42 Å². The summed E-state index contributed by atoms with van der Waals surface area (Å²) < 4.78 is 0. The highest BCUT2D eigenvalue weighted by Crippen LogP contribution is 2.02. The zero-order chi connectivity index (χ0) is 11.7. The lowest BCUT2D eigenvalue weighted by Crippen LogP contribution is -2.25. The summed E-state index contributed by atoms with van der Waals surface area (Å²) in [5.41, 5.74) is 0. The van der Waals surface area contributed by atoms with E-state index in [4.69, 9.17) is 5.11 Å². The van der Waals surface area contributed by atoms with Crippen molar-refractivity contribution in [3.05, 3.63) is 0 Å². The van der Waals surface area contributed by atoms with Crippen molar-refractivity contribution in [3.63, 3.8) is 0 Å². The standard InChI is InChI=1S/C9H15NO4S/c1-7(11)15-6-4-8(12)10-5-2-3-9(13)14/h2-6H2,1H3,(H,10,12)(H,13,14). The Kier molecular flexibility index (Phi) is 7.71. The number of rotatable bonds is 7. The molecule has 0 aliphatic carbocycles. The van der Waals surface area contributed by atoms with Gasteiger partial charge in [-0.15, -0.1) is 0 Å². The van der Waals surface area contributed by atoms with Crippen LogP contribution in [0.4, 0.5) is 0 Å². The van der Waals surface area contributed by atoms with Crippen LogP contribution in [0.1, 0.15) is 26.2 Å². The Bertz CT molecular complexity index is 242. The molecular weight excluding hydrogens is 218 g/mol. The Hall–Kier alpha value is -1.04. The van der Waals surface area contributed by atoms with Gasteiger partial charge >= 0.3 is 5.97 Å². The quantitative estimate of drug-likeness (QED) is 0.630. The van der Waals surface area contributed by atoms with Crippen molar-refractivity contribution in [2.24, 2.45) is 0 Å². The van der Waals surface area contributed by atoms with Crippen LogP contribution in [0.15, 0.2) is 0 Å². The fraction of sp³-hybridized carbons (Fsp3) is 0.667. The molecule has 86 valence electrons. The smallest absolute Gasteiger partial charge is 0.303 e. The highest BCUT2D eigenvalue weighted by atomic mass is 32.2. The number of carbonyl (C=O) groups is 3. The molecule has 0 saturated carbocycles. The number of thioether (sulfide) groups is 1. The third-order valence-corrected chi connectivity index (χ3v) is 2.34. The van der Waals surface area contributed by atoms with E-state index in [0.29, 0.717) is 18.7 Å². The summed E-state index contributed by atoms with van der Waals surface area (Å²) in [6.45, 7) is 1.82. The van der Waals surface area contributed by atoms with Crippen LogP contribution in [0.2, 0.25) is 0 Å². The largest absolute Gasteiger partial charge is 0.481 e. The average Bonchev–Trinajstić information content (AvgIpc) is 2.11. The number of hydrogen-bond acceptors (Lipinski definition) is 4. The third-order valence-electron chi connectivity index (χ3n) is 1.52. The van der Waals surface area contributed by atoms with Gasteiger partial charge in [0.2, 0.25) is 5.91 Å². The first kappa shape index (κ1) is 14.0. The van der Waals surface area contributed by atoms with Gasteiger partial charge in [-0.1, -0.05) is 11.8 Å². The first-order chi connectivity index (χ1) is 7.02. The van der Waals surface area contributed by atoms with Crippen molar-refractivity contribution >= 4 is 28.8 Å². The SMILES string of the molecule is CC(=O)SCCC(=O)NCCCC(=O)O. The minimum atomic E-state index is -0.864. The van der Waals surface area contributed by atoms with Gasteiger partial charge in [-0.25, -0.2) is 0 Å². The van der Waals surface area contributed by atoms with Crippen LogP contribution in [0, 0.1) is 0 Å². The molecule has 0 saturated heterocycles. The van der Waals surface area contributed by atoms with Crippen molar-refractivity contribution in [1.82, 2.24) is 5.32 Å². The molecular formula is C9H15NO4S. The highest BCUT2D eigenvalue weighted by Gasteiger charge is 2.02. The summed E-state index contributed by atoms with van der Waals surface area (Å²) in [4.78, 5) is 31.8. The first-order valence-corrected chi connectivity index (χ1v) is 5.63. The molecule has 0 rings (SSSR count). The van der Waals surface area contributed by atoms with E-state index in [0.717, 1.165) is 11.8 Å². The summed E-state index contributed by atoms with van der Waals surface area (Å²) in [7, 11) is 0. The first-order valence-electron chi connectivity index (χ1n) is 4.64. The number of aliphatic carboxylic acids is 1. The minimum absolute atomic E-state index is 0.00585. The molecule has 6 heteroatoms. The van der Waals surface area contributed by atoms with E-state index in [1.54, 1.807) is 0 Å². The molecule has 1 amide bonds. The van der Waals surface area contributed by atoms with Crippen molar-refractivity contribution in [2.45, 2.75) is 26.2 Å². The van der Waals surface area contributed by atoms with Crippen LogP contribution in [0.3, 0.4) is 0 Å². The predicted molar refractivity (Wildman–Crippen MR) is 57.6 cm³/mol. The van der Waals surface area contributed by atoms with Gasteiger partial charge in [0.1, 0.15) is 0 Å². The molecule has 0 aliphatic heterocycles. The van der Waals surface area contributed by atoms with Crippen LogP contribution in [-0.2, 0) is 14.4 Å². The van der Waals surface area contributed by atoms with Crippen LogP contribution >= 0.6 is 11.8 Å². The van der Waals surface area contributed by atoms with E-state index in [1.807, 2.05) is 0 Å². The number of hydrogen-bond donors (Lipinski definition) is 2. The van der Waals surface area contributed by atoms with E-state index in [-0.39, 0.29) is 23.9 Å². The monoisotopic (exact) mass is 233 g/mol. The van der Waals surface area contributed by atoms with Gasteiger partial charge in [0, 0.05) is 32.1 Å². The number of carbonyl (C=O) groups excluding carboxylic acids is 2. The van der Waals surface area contributed by atoms with Crippen LogP contribution in [0.5, 0.6) is 0 Å². The van der Waals surface area contributed by atoms with Gasteiger partial charge in [0.05, 0.1) is 0 Å². The second-order valence-corrected chi connectivity index (χ2v) is 4.21. The van der Waals surface area contributed by atoms with Crippen molar-refractivity contribution < 1.29 is 19.5 Å². The molecule has 0 spiro atoms. The van der Waals surface area contributed by atoms with Crippen LogP contribution < -0.4 is 5.32 Å². The molecule has 15 heavy (non-hydrogen) atoms. The molecule has 0 aromatic heterocycles. The molecule has 2 N–H and O–H groups in total. The zero-order valence-electron chi connectivity index (χ0n) is 8.62. The molecule has 0 fully saturated rings. The molecule has 5 nitrogen and oxygen atoms in total. The predicted octanol–water partition coefficient (Wildman–Crippen LogP) is 0.637. The number of carboxylic acid groups (broad SMARTS) is 1. The highest BCUT2D eigenvalue weighted by molar-refractivity contribution is 8.13. The Morgan fingerprint density at radius 3 is 2.47 bits per heavy atom. The average molecular weight is 233 g/mol. The van der Waals surface area contributed by atoms with Gasteiger partial charge in [0.15, 0.2) is 5.12 Å². The Morgan fingerprint density at radius 2 is 1.93 bits per heavy atom. The van der Waals surface area contributed by atoms with Crippen LogP contribution in [-0.4, -0.2) is 34.4 Å². The molecule has 0 aromatic carbocycles. The minimum Gasteiger partial charge on any atom is -0.481 e. The van der Waals surface area contributed by atoms with Gasteiger partial charge < -0.3 is 10.4 Å². The topological polar surface area (TPSA) is 83.5 Å². The maximum absolute atomic E-state index is 11.1. The molecule has 0 heterocycles. The lowest BCUT2D eigenvalue weighted by molar-refractivity contribution is -0.137. The maximum Gasteiger partial charge on any atom is 0.303 e. The molecule has 0 unspecified atom stereocenters. The third kappa shape index (κ3) is 10.9. The fourth-order valence-electron chi connectivity index (χ4n) is 0.843. The Labute approximate surface area is 92.6 Å². The second-order valence-electron chi connectivity index (χ2n) is 2.94. The lowest BCUT2D eigenvalue weighted by atomic mass is 10.3. The zero-order valence-corrected chi connectivity index (χ0v) is 9.43. The van der Waals surface area contributed by atoms with Gasteiger partial charge in [-0.2, -0.15) is 0 Å². The maximum atomic E-state index is 11.1. The Morgan fingerprint density at radius 1 is 1.27 bits per heavy atom. The van der Waals surface area contributed by atoms with E-state index in [2.05, 4.69) is 5.32 Å². The van der Waals surface area contributed by atoms with Crippen molar-refractivity contribution in [3.8, 4) is 0 Å². The normalized spacial score (nSPS) is 9.67. The lowest BCUT2D eigenvalue weighted by Gasteiger charge is -2.02. The molecule has 0 radical (unpaired) electrons. The van der Waals surface area contributed by atoms with E-state index >= 15 is 0 Å². The van der Waals surface area contributed by atoms with E-state index in [1.165, 1.54) is 6.92 Å². The molecule has 0 aliphatic rings. The van der Waals surface area contributed by atoms with E-state index in [9.17, 15) is 14.4 Å². The van der Waals surface area contributed by atoms with E-state index < -0.39 is 5.97 Å². The summed E-state index contributed by atoms with van der Waals surface area (Å²) in [5, 5.41) is 10.9. The summed E-state index contributed by atoms with van der Waals surface area (Å²) >= 11 is 1.11. The van der Waals surface area contributed by atoms with Gasteiger partial charge in [-0.3, -0.25) is 14.4 Å². The Balaban J connectivity index is 3.33. The number of nitrogens with one attached hydrogen (secondary N) is 1. The van der Waals surface area contributed by atoms with Crippen molar-refractivity contribution in [1.29, 1.82) is 0 Å². The van der Waals surface area contributed by atoms with Crippen LogP contribution in [0.25, 0.3) is 0 Å². The summed E-state index contributed by atoms with van der Waals surface area (Å²) in [6, 6.07) is 0. The van der Waals surface area contributed by atoms with Gasteiger partial charge in [0.25, 0.3) is 0 Å². The second kappa shape index (κ2) is 8.28. The molecule has 0 bridgehead atoms. The fourth-order valence-corrected chi connectivity index (χ4v) is 1.42. The summed E-state index contributed by atoms with van der Waals surface area (Å²) in [6.07, 6.45) is 0.778. The number of amides is 1. The molecule has 0 aromatic rings. The number of carboxylic acids is 1. The molecule has 0 atom stereocenters. The summed E-state index contributed by atoms with van der Waals surface area (Å²) in [5.74, 6) is -0.536. The van der Waals surface area contributed by atoms with Crippen molar-refractivity contribution in [2.75, 3.05) is 12.3 Å².